The first-order valence-corrected chi connectivity index (χ1v) is 18.1. The van der Waals surface area contributed by atoms with E-state index in [1.165, 1.54) is 27.1 Å². The summed E-state index contributed by atoms with van der Waals surface area (Å²) in [6, 6.07) is 44.1. The molecule has 0 bridgehead atoms. The van der Waals surface area contributed by atoms with Gasteiger partial charge in [0.15, 0.2) is 0 Å². The van der Waals surface area contributed by atoms with Gasteiger partial charge >= 0.3 is 45.2 Å². The normalized spacial score (nSPS) is 9.36. The van der Waals surface area contributed by atoms with Crippen LogP contribution in [-0.4, -0.2) is 21.4 Å². The van der Waals surface area contributed by atoms with Crippen molar-refractivity contribution in [2.45, 2.75) is 51.9 Å². The second-order valence-corrected chi connectivity index (χ2v) is 19.3. The third kappa shape index (κ3) is 28.3. The van der Waals surface area contributed by atoms with Crippen molar-refractivity contribution in [2.75, 3.05) is 5.90 Å². The third-order valence-corrected chi connectivity index (χ3v) is 12.8. The van der Waals surface area contributed by atoms with Crippen LogP contribution in [0.25, 0.3) is 0 Å². The second kappa shape index (κ2) is 36.4. The van der Waals surface area contributed by atoms with Crippen LogP contribution in [0.2, 0.25) is 0 Å². The van der Waals surface area contributed by atoms with Crippen molar-refractivity contribution in [3.63, 3.8) is 0 Å². The van der Waals surface area contributed by atoms with Gasteiger partial charge in [0.1, 0.15) is 0 Å². The van der Waals surface area contributed by atoms with E-state index in [1.807, 2.05) is 0 Å². The number of hydrogen-bond donors (Lipinski definition) is 1. The molecular formula is C37H42N2O6P3Ru2-. The van der Waals surface area contributed by atoms with Gasteiger partial charge in [-0.15, -0.1) is 8.58 Å². The average Bonchev–Trinajstić information content (AvgIpc) is 3.12. The van der Waals surface area contributed by atoms with E-state index in [1.54, 1.807) is 10.6 Å². The molecule has 0 atom stereocenters. The van der Waals surface area contributed by atoms with Crippen molar-refractivity contribution in [2.24, 2.45) is 10.6 Å². The smallest absolute Gasteiger partial charge is 0.0148 e. The summed E-state index contributed by atoms with van der Waals surface area (Å²) in [5.74, 6) is 1.17. The molecule has 4 aromatic rings. The van der Waals surface area contributed by atoms with Gasteiger partial charge in [-0.2, -0.15) is 5.28 Å². The molecule has 0 heterocycles. The van der Waals surface area contributed by atoms with E-state index < -0.39 is 15.8 Å². The molecule has 0 radical (unpaired) electrons. The Morgan fingerprint density at radius 1 is 0.520 bits per heavy atom. The number of hydrogen-bond acceptors (Lipinski definition) is 3. The molecule has 4 rings (SSSR count). The molecule has 0 amide bonds. The van der Waals surface area contributed by atoms with E-state index in [4.69, 9.17) is 29.0 Å². The van der Waals surface area contributed by atoms with Crippen molar-refractivity contribution in [1.29, 1.82) is 0 Å². The molecular weight excluding hydrogens is 863 g/mol. The van der Waals surface area contributed by atoms with Crippen LogP contribution in [0.4, 0.5) is 0 Å². The first kappa shape index (κ1) is 56.9. The second-order valence-electron chi connectivity index (χ2n) is 11.1. The minimum absolute atomic E-state index is 0. The first-order valence-electron chi connectivity index (χ1n) is 14.1. The molecule has 0 aliphatic rings. The van der Waals surface area contributed by atoms with Gasteiger partial charge in [-0.3, -0.25) is 0 Å². The van der Waals surface area contributed by atoms with Gasteiger partial charge < -0.3 is 10.4 Å². The number of rotatable bonds is 6. The topological polar surface area (TPSA) is 148 Å². The Morgan fingerprint density at radius 3 is 0.820 bits per heavy atom. The van der Waals surface area contributed by atoms with Crippen molar-refractivity contribution >= 4 is 45.6 Å². The predicted molar refractivity (Wildman–Crippen MR) is 197 cm³/mol. The minimum Gasteiger partial charge on any atom is -0.773 e. The van der Waals surface area contributed by atoms with E-state index in [0.29, 0.717) is 10.3 Å². The van der Waals surface area contributed by atoms with Crippen LogP contribution in [0.15, 0.2) is 132 Å². The molecule has 0 aromatic heterocycles. The Kier molecular flexibility index (Phi) is 41.4. The molecule has 0 aliphatic heterocycles. The zero-order valence-electron chi connectivity index (χ0n) is 28.7. The summed E-state index contributed by atoms with van der Waals surface area (Å²) in [5, 5.41) is 25.9. The largest absolute Gasteiger partial charge is 0.773 e. The molecule has 0 saturated heterocycles. The molecule has 4 aromatic carbocycles. The summed E-state index contributed by atoms with van der Waals surface area (Å²) >= 11 is 0. The number of nitrogens with zero attached hydrogens (tertiary/aromatic N) is 2. The molecule has 0 saturated carbocycles. The molecule has 50 heavy (non-hydrogen) atoms. The predicted octanol–water partition coefficient (Wildman–Crippen LogP) is 8.64. The molecule has 13 heteroatoms. The van der Waals surface area contributed by atoms with Crippen molar-refractivity contribution in [1.82, 2.24) is 0 Å². The fourth-order valence-electron chi connectivity index (χ4n) is 4.32. The van der Waals surface area contributed by atoms with E-state index >= 15 is 0 Å². The maximum atomic E-state index is 8.51. The van der Waals surface area contributed by atoms with E-state index in [9.17, 15) is 0 Å². The standard InChI is InChI=1S/C25H22P2.C8H19P.4CO.H2N2O2.2Ru/c1-5-13-22(14-6-1)26(23-15-7-2-8-16-23)21-27(24-17-9-3-10-18-24)25-19-11-4-12-20-25;1-7(2,3)9-8(4,5)6;4*1-2;3-1-2-4;;/h1-20H,21H2;9H,1-6H3;;;;;(H,1,4)(H,2,3);;/p-1. The van der Waals surface area contributed by atoms with Gasteiger partial charge in [-0.05, 0) is 47.4 Å². The van der Waals surface area contributed by atoms with Crippen LogP contribution in [0.5, 0.6) is 0 Å². The molecule has 8 nitrogen and oxygen atoms in total. The summed E-state index contributed by atoms with van der Waals surface area (Å²) in [6.45, 7) is 31.8. The fraction of sp³-hybridized carbons (Fsp3) is 0.243. The molecule has 0 fully saturated rings. The Labute approximate surface area is 328 Å². The Bertz CT molecular complexity index is 1230. The molecule has 0 unspecified atom stereocenters. The average molecular weight is 906 g/mol. The van der Waals surface area contributed by atoms with Gasteiger partial charge in [0.2, 0.25) is 0 Å². The van der Waals surface area contributed by atoms with Gasteiger partial charge in [-0.25, -0.2) is 0 Å². The van der Waals surface area contributed by atoms with Crippen LogP contribution in [0, 0.1) is 31.8 Å². The van der Waals surface area contributed by atoms with E-state index in [2.05, 4.69) is 189 Å². The SMILES string of the molecule is CC(C)(C)PC(C)(C)C.[C-]#[O+].[C-]#[O+].[C-]#[O+].[C-]#[O+].[O-]/N=N/O.[Ru].[Ru].c1ccc(P(CP(c2ccccc2)c2ccccc2)c2ccccc2)cc1. The molecule has 268 valence electrons. The van der Waals surface area contributed by atoms with Crippen molar-refractivity contribution < 1.29 is 62.8 Å². The van der Waals surface area contributed by atoms with Crippen LogP contribution in [0.3, 0.4) is 0 Å². The first-order chi connectivity index (χ1) is 23.0. The quantitative estimate of drug-likeness (QED) is 0.0516. The maximum Gasteiger partial charge on any atom is 0.0148 e. The summed E-state index contributed by atoms with van der Waals surface area (Å²) in [5.41, 5.74) is 0. The fourth-order valence-corrected chi connectivity index (χ4v) is 13.0. The molecule has 0 aliphatic carbocycles. The van der Waals surface area contributed by atoms with Crippen molar-refractivity contribution in [3.05, 3.63) is 153 Å². The van der Waals surface area contributed by atoms with Gasteiger partial charge in [0.05, 0.1) is 0 Å². The number of benzene rings is 4. The van der Waals surface area contributed by atoms with Gasteiger partial charge in [0, 0.05) is 50.1 Å². The summed E-state index contributed by atoms with van der Waals surface area (Å²) < 4.78 is 30.0. The molecule has 1 N–H and O–H groups in total. The minimum atomic E-state index is -0.409. The third-order valence-electron chi connectivity index (χ3n) is 5.34. The van der Waals surface area contributed by atoms with Crippen LogP contribution >= 0.6 is 24.4 Å². The maximum absolute atomic E-state index is 8.51. The zero-order valence-corrected chi connectivity index (χ0v) is 35.0. The Morgan fingerprint density at radius 2 is 0.700 bits per heavy atom. The van der Waals surface area contributed by atoms with Gasteiger partial charge in [0.25, 0.3) is 0 Å². The summed E-state index contributed by atoms with van der Waals surface area (Å²) in [6.07, 6.45) is 0. The van der Waals surface area contributed by atoms with Crippen molar-refractivity contribution in [3.8, 4) is 0 Å². The van der Waals surface area contributed by atoms with Crippen LogP contribution in [0.1, 0.15) is 41.5 Å². The van der Waals surface area contributed by atoms with E-state index in [0.717, 1.165) is 8.58 Å². The van der Waals surface area contributed by atoms with E-state index in [-0.39, 0.29) is 39.0 Å². The Balaban J connectivity index is -0.000000247. The van der Waals surface area contributed by atoms with Gasteiger partial charge in [-0.1, -0.05) is 163 Å². The monoisotopic (exact) mass is 907 g/mol. The Hall–Kier alpha value is -2.42. The summed E-state index contributed by atoms with van der Waals surface area (Å²) in [7, 11) is 0.234. The van der Waals surface area contributed by atoms with Crippen LogP contribution in [-0.2, 0) is 57.6 Å². The zero-order chi connectivity index (χ0) is 37.4. The molecule has 0 spiro atoms. The summed E-state index contributed by atoms with van der Waals surface area (Å²) in [4.78, 5) is 0. The van der Waals surface area contributed by atoms with Crippen LogP contribution < -0.4 is 21.2 Å².